The van der Waals surface area contributed by atoms with E-state index in [2.05, 4.69) is 22.1 Å². The molecule has 7 rings (SSSR count). The number of furan rings is 1. The number of benzene rings is 3. The van der Waals surface area contributed by atoms with E-state index >= 15 is 0 Å². The molecule has 0 bridgehead atoms. The van der Waals surface area contributed by atoms with Gasteiger partial charge in [-0.05, 0) is 53.2 Å². The molecule has 0 aliphatic heterocycles. The van der Waals surface area contributed by atoms with Crippen LogP contribution < -0.4 is 0 Å². The van der Waals surface area contributed by atoms with Crippen LogP contribution in [-0.2, 0) is 32.9 Å². The number of aromatic nitrogens is 3. The minimum atomic E-state index is -1.63. The number of nitrogens with zero attached hydrogens (tertiary/aromatic N) is 3. The first-order valence-electron chi connectivity index (χ1n) is 17.1. The van der Waals surface area contributed by atoms with Gasteiger partial charge in [-0.1, -0.05) is 94.5 Å². The average molecular weight is 786 g/mol. The molecule has 0 amide bonds. The molecule has 0 fully saturated rings. The minimum absolute atomic E-state index is 0. The van der Waals surface area contributed by atoms with E-state index in [0.29, 0.717) is 39.2 Å². The fourth-order valence-electron chi connectivity index (χ4n) is 5.18. The Kier molecular flexibility index (Phi) is 8.34. The van der Waals surface area contributed by atoms with Crippen LogP contribution in [0.5, 0.6) is 0 Å². The minimum Gasteiger partial charge on any atom is -0.498 e. The van der Waals surface area contributed by atoms with E-state index in [1.54, 1.807) is 30.6 Å². The fraction of sp³-hybridized carbons (Fsp3) is 0.244. The average Bonchev–Trinajstić information content (AvgIpc) is 3.48. The van der Waals surface area contributed by atoms with Crippen molar-refractivity contribution >= 4 is 32.8 Å². The molecule has 0 atom stereocenters. The molecule has 4 heterocycles. The number of hydrogen-bond acceptors (Lipinski definition) is 4. The summed E-state index contributed by atoms with van der Waals surface area (Å²) in [7, 11) is 0. The SMILES string of the molecule is [2H]C([2H])(c1ccnc(-c2[c-]ccc3c2oc2c3ccc3ccc(C([2H])([2H])C(C)(C)C)nc32)c1)C(C)(C)C.[Ir].[c-]1ccccc1-c1ccccn1. The second-order valence-electron chi connectivity index (χ2n) is 13.1. The summed E-state index contributed by atoms with van der Waals surface area (Å²) in [6.45, 7) is 11.2. The van der Waals surface area contributed by atoms with E-state index in [1.807, 2.05) is 114 Å². The van der Waals surface area contributed by atoms with Gasteiger partial charge in [0, 0.05) is 54.4 Å². The van der Waals surface area contributed by atoms with Crippen LogP contribution in [0.15, 0.2) is 108 Å². The van der Waals surface area contributed by atoms with Gasteiger partial charge in [0.15, 0.2) is 0 Å². The van der Waals surface area contributed by atoms with E-state index in [0.717, 1.165) is 27.4 Å². The van der Waals surface area contributed by atoms with Crippen LogP contribution in [0.25, 0.3) is 55.4 Å². The van der Waals surface area contributed by atoms with Crippen molar-refractivity contribution in [3.8, 4) is 22.5 Å². The van der Waals surface area contributed by atoms with Crippen LogP contribution >= 0.6 is 0 Å². The summed E-state index contributed by atoms with van der Waals surface area (Å²) in [6.07, 6.45) is 0.220. The van der Waals surface area contributed by atoms with Crippen LogP contribution in [0.1, 0.15) is 58.3 Å². The second-order valence-corrected chi connectivity index (χ2v) is 13.1. The summed E-state index contributed by atoms with van der Waals surface area (Å²) in [4.78, 5) is 13.5. The molecule has 4 nitrogen and oxygen atoms in total. The van der Waals surface area contributed by atoms with E-state index in [9.17, 15) is 0 Å². The molecule has 0 aliphatic rings. The van der Waals surface area contributed by atoms with Crippen LogP contribution in [0.2, 0.25) is 0 Å². The molecule has 3 aromatic carbocycles. The van der Waals surface area contributed by atoms with E-state index in [4.69, 9.17) is 14.9 Å². The molecule has 46 heavy (non-hydrogen) atoms. The molecular weight excluding hydrogens is 743 g/mol. The zero-order chi connectivity index (χ0) is 35.2. The summed E-state index contributed by atoms with van der Waals surface area (Å²) < 4.78 is 41.2. The molecule has 0 spiro atoms. The van der Waals surface area contributed by atoms with Crippen LogP contribution in [0.3, 0.4) is 0 Å². The molecule has 0 N–H and O–H groups in total. The number of rotatable bonds is 4. The van der Waals surface area contributed by atoms with Gasteiger partial charge >= 0.3 is 0 Å². The van der Waals surface area contributed by atoms with Crippen molar-refractivity contribution in [2.45, 2.75) is 54.3 Å². The van der Waals surface area contributed by atoms with Crippen LogP contribution in [0.4, 0.5) is 0 Å². The molecule has 0 aliphatic carbocycles. The number of hydrogen-bond donors (Lipinski definition) is 0. The van der Waals surface area contributed by atoms with Gasteiger partial charge in [0.25, 0.3) is 0 Å². The van der Waals surface area contributed by atoms with Gasteiger partial charge in [-0.15, -0.1) is 54.1 Å². The summed E-state index contributed by atoms with van der Waals surface area (Å²) in [6, 6.07) is 34.9. The Morgan fingerprint density at radius 3 is 2.15 bits per heavy atom. The van der Waals surface area contributed by atoms with E-state index in [-0.39, 0.29) is 20.1 Å². The second kappa shape index (κ2) is 13.7. The van der Waals surface area contributed by atoms with Gasteiger partial charge in [-0.25, -0.2) is 4.98 Å². The molecule has 4 aromatic heterocycles. The first-order chi connectivity index (χ1) is 23.1. The largest absolute Gasteiger partial charge is 0.498 e. The van der Waals surface area contributed by atoms with Gasteiger partial charge in [0.05, 0.1) is 5.58 Å². The smallest absolute Gasteiger partial charge is 0.147 e. The van der Waals surface area contributed by atoms with Gasteiger partial charge < -0.3 is 14.4 Å². The van der Waals surface area contributed by atoms with E-state index in [1.165, 1.54) is 0 Å². The van der Waals surface area contributed by atoms with Gasteiger partial charge in [-0.2, -0.15) is 0 Å². The Bertz CT molecular complexity index is 2220. The third kappa shape index (κ3) is 7.78. The van der Waals surface area contributed by atoms with E-state index < -0.39 is 23.6 Å². The molecule has 0 unspecified atom stereocenters. The molecule has 235 valence electrons. The van der Waals surface area contributed by atoms with Crippen molar-refractivity contribution in [3.05, 3.63) is 127 Å². The third-order valence-corrected chi connectivity index (χ3v) is 6.95. The zero-order valence-electron chi connectivity index (χ0n) is 30.9. The molecule has 7 aromatic rings. The van der Waals surface area contributed by atoms with Crippen molar-refractivity contribution in [1.82, 2.24) is 15.0 Å². The maximum atomic E-state index is 8.70. The van der Waals surface area contributed by atoms with Gasteiger partial charge in [-0.3, -0.25) is 0 Å². The first-order valence-corrected chi connectivity index (χ1v) is 15.1. The Morgan fingerprint density at radius 1 is 0.696 bits per heavy atom. The van der Waals surface area contributed by atoms with Gasteiger partial charge in [0.2, 0.25) is 0 Å². The Hall–Kier alpha value is -4.18. The predicted octanol–water partition coefficient (Wildman–Crippen LogP) is 10.7. The molecule has 0 saturated heterocycles. The molecule has 0 saturated carbocycles. The molecule has 1 radical (unpaired) electrons. The third-order valence-electron chi connectivity index (χ3n) is 6.95. The molecule has 5 heteroatoms. The zero-order valence-corrected chi connectivity index (χ0v) is 29.3. The first kappa shape index (κ1) is 28.1. The Labute approximate surface area is 291 Å². The van der Waals surface area contributed by atoms with Crippen LogP contribution in [-0.4, -0.2) is 15.0 Å². The van der Waals surface area contributed by atoms with Crippen molar-refractivity contribution in [1.29, 1.82) is 0 Å². The molecular formula is C41H39IrN3O-2. The van der Waals surface area contributed by atoms with Crippen molar-refractivity contribution < 1.29 is 30.0 Å². The summed E-state index contributed by atoms with van der Waals surface area (Å²) in [5, 5.41) is 2.62. The number of pyridine rings is 3. The van der Waals surface area contributed by atoms with Crippen molar-refractivity contribution in [2.24, 2.45) is 10.8 Å². The quantitative estimate of drug-likeness (QED) is 0.167. The standard InChI is InChI=1S/C30H31N2O.C11H8N.Ir/c1-29(2,3)17-19-14-15-31-25(16-19)24-9-7-8-22-23-13-11-20-10-12-21(18-30(4,5)6)32-26(20)28(23)33-27(22)24;1-2-6-10(7-3-1)11-8-4-5-9-12-11;/h7-8,10-16H,17-18H2,1-6H3;1-6,8-9H;/q2*-1;/i17D2,18D2;;. The van der Waals surface area contributed by atoms with Crippen molar-refractivity contribution in [2.75, 3.05) is 0 Å². The maximum absolute atomic E-state index is 8.70. The van der Waals surface area contributed by atoms with Crippen molar-refractivity contribution in [3.63, 3.8) is 0 Å². The maximum Gasteiger partial charge on any atom is 0.147 e. The predicted molar refractivity (Wildman–Crippen MR) is 186 cm³/mol. The fourth-order valence-corrected chi connectivity index (χ4v) is 5.18. The monoisotopic (exact) mass is 786 g/mol. The normalized spacial score (nSPS) is 13.6. The Morgan fingerprint density at radius 2 is 1.43 bits per heavy atom. The summed E-state index contributed by atoms with van der Waals surface area (Å²) >= 11 is 0. The summed E-state index contributed by atoms with van der Waals surface area (Å²) in [5.74, 6) is 0. The van der Waals surface area contributed by atoms with Crippen LogP contribution in [0, 0.1) is 23.0 Å². The summed E-state index contributed by atoms with van der Waals surface area (Å²) in [5.41, 5.74) is 4.71. The number of fused-ring (bicyclic) bond motifs is 5. The topological polar surface area (TPSA) is 51.8 Å². The Balaban J connectivity index is 0.000000315. The van der Waals surface area contributed by atoms with Gasteiger partial charge in [0.1, 0.15) is 11.1 Å².